The van der Waals surface area contributed by atoms with Gasteiger partial charge >= 0.3 is 0 Å². The standard InChI is InChI=1S/C16H18N2O3S2/c1-13-7-12-22-15(13)16(19)17-8-10-18(11-9-17)23(20,21)14-5-3-2-4-6-14/h2-7,12H,8-11H2,1H3. The number of hydrogen-bond donors (Lipinski definition) is 0. The second kappa shape index (κ2) is 6.43. The molecule has 1 amide bonds. The van der Waals surface area contributed by atoms with Crippen LogP contribution in [0.25, 0.3) is 0 Å². The molecule has 2 heterocycles. The molecule has 5 nitrogen and oxygen atoms in total. The molecular weight excluding hydrogens is 332 g/mol. The molecule has 1 aliphatic heterocycles. The van der Waals surface area contributed by atoms with Crippen LogP contribution in [0.15, 0.2) is 46.7 Å². The van der Waals surface area contributed by atoms with Crippen LogP contribution in [0, 0.1) is 6.92 Å². The van der Waals surface area contributed by atoms with E-state index in [1.165, 1.54) is 15.6 Å². The zero-order valence-electron chi connectivity index (χ0n) is 12.8. The number of carbonyl (C=O) groups excluding carboxylic acids is 1. The molecule has 0 unspecified atom stereocenters. The Kier molecular flexibility index (Phi) is 4.52. The second-order valence-electron chi connectivity index (χ2n) is 5.44. The van der Waals surface area contributed by atoms with E-state index < -0.39 is 10.0 Å². The molecule has 0 bridgehead atoms. The van der Waals surface area contributed by atoms with E-state index >= 15 is 0 Å². The first-order valence-corrected chi connectivity index (χ1v) is 9.70. The Balaban J connectivity index is 1.69. The third-order valence-electron chi connectivity index (χ3n) is 3.96. The van der Waals surface area contributed by atoms with Gasteiger partial charge in [-0.05, 0) is 36.1 Å². The molecule has 1 aliphatic rings. The largest absolute Gasteiger partial charge is 0.335 e. The number of hydrogen-bond acceptors (Lipinski definition) is 4. The topological polar surface area (TPSA) is 57.7 Å². The van der Waals surface area contributed by atoms with Gasteiger partial charge in [0.15, 0.2) is 0 Å². The molecule has 23 heavy (non-hydrogen) atoms. The summed E-state index contributed by atoms with van der Waals surface area (Å²) < 4.78 is 26.6. The van der Waals surface area contributed by atoms with Gasteiger partial charge in [0, 0.05) is 26.2 Å². The molecule has 0 radical (unpaired) electrons. The maximum atomic E-state index is 12.6. The van der Waals surface area contributed by atoms with Crippen molar-refractivity contribution in [3.8, 4) is 0 Å². The van der Waals surface area contributed by atoms with Crippen LogP contribution in [-0.4, -0.2) is 49.7 Å². The van der Waals surface area contributed by atoms with Crippen molar-refractivity contribution in [2.24, 2.45) is 0 Å². The number of piperazine rings is 1. The molecule has 122 valence electrons. The van der Waals surface area contributed by atoms with Crippen molar-refractivity contribution in [1.29, 1.82) is 0 Å². The summed E-state index contributed by atoms with van der Waals surface area (Å²) in [6.07, 6.45) is 0. The predicted molar refractivity (Wildman–Crippen MR) is 90.2 cm³/mol. The lowest BCUT2D eigenvalue weighted by molar-refractivity contribution is 0.0702. The third kappa shape index (κ3) is 3.17. The van der Waals surface area contributed by atoms with E-state index in [0.29, 0.717) is 31.1 Å². The monoisotopic (exact) mass is 350 g/mol. The Morgan fingerprint density at radius 3 is 2.26 bits per heavy atom. The first-order valence-electron chi connectivity index (χ1n) is 7.39. The van der Waals surface area contributed by atoms with Gasteiger partial charge in [0.25, 0.3) is 5.91 Å². The number of rotatable bonds is 3. The number of benzene rings is 1. The van der Waals surface area contributed by atoms with Crippen LogP contribution in [0.2, 0.25) is 0 Å². The Morgan fingerprint density at radius 2 is 1.70 bits per heavy atom. The van der Waals surface area contributed by atoms with Gasteiger partial charge < -0.3 is 4.90 Å². The van der Waals surface area contributed by atoms with Crippen molar-refractivity contribution in [3.05, 3.63) is 52.2 Å². The van der Waals surface area contributed by atoms with Crippen molar-refractivity contribution < 1.29 is 13.2 Å². The Morgan fingerprint density at radius 1 is 1.04 bits per heavy atom. The zero-order chi connectivity index (χ0) is 16.4. The number of carbonyl (C=O) groups is 1. The van der Waals surface area contributed by atoms with E-state index in [1.54, 1.807) is 35.2 Å². The summed E-state index contributed by atoms with van der Waals surface area (Å²) in [5.41, 5.74) is 0.972. The van der Waals surface area contributed by atoms with Gasteiger partial charge in [-0.3, -0.25) is 4.79 Å². The minimum atomic E-state index is -3.48. The van der Waals surface area contributed by atoms with Gasteiger partial charge in [0.05, 0.1) is 9.77 Å². The molecule has 0 saturated carbocycles. The van der Waals surface area contributed by atoms with Crippen molar-refractivity contribution >= 4 is 27.3 Å². The number of thiophene rings is 1. The SMILES string of the molecule is Cc1ccsc1C(=O)N1CCN(S(=O)(=O)c2ccccc2)CC1. The Hall–Kier alpha value is -1.70. The van der Waals surface area contributed by atoms with E-state index in [9.17, 15) is 13.2 Å². The molecule has 3 rings (SSSR count). The molecule has 0 spiro atoms. The summed E-state index contributed by atoms with van der Waals surface area (Å²) in [6, 6.07) is 10.3. The predicted octanol–water partition coefficient (Wildman–Crippen LogP) is 2.20. The highest BCUT2D eigenvalue weighted by Gasteiger charge is 2.30. The minimum Gasteiger partial charge on any atom is -0.335 e. The Labute approximate surface area is 140 Å². The lowest BCUT2D eigenvalue weighted by atomic mass is 10.2. The smallest absolute Gasteiger partial charge is 0.264 e. The molecule has 0 N–H and O–H groups in total. The van der Waals surface area contributed by atoms with Crippen molar-refractivity contribution in [1.82, 2.24) is 9.21 Å². The van der Waals surface area contributed by atoms with Gasteiger partial charge in [0.1, 0.15) is 0 Å². The summed E-state index contributed by atoms with van der Waals surface area (Å²) in [6.45, 7) is 3.41. The summed E-state index contributed by atoms with van der Waals surface area (Å²) >= 11 is 1.43. The van der Waals surface area contributed by atoms with Crippen LogP contribution in [0.1, 0.15) is 15.2 Å². The van der Waals surface area contributed by atoms with Gasteiger partial charge in [0.2, 0.25) is 10.0 Å². The lowest BCUT2D eigenvalue weighted by Gasteiger charge is -2.33. The maximum absolute atomic E-state index is 12.6. The lowest BCUT2D eigenvalue weighted by Crippen LogP contribution is -2.50. The van der Waals surface area contributed by atoms with E-state index in [1.807, 2.05) is 18.4 Å². The zero-order valence-corrected chi connectivity index (χ0v) is 14.4. The quantitative estimate of drug-likeness (QED) is 0.853. The van der Waals surface area contributed by atoms with Crippen LogP contribution in [0.5, 0.6) is 0 Å². The van der Waals surface area contributed by atoms with Crippen LogP contribution < -0.4 is 0 Å². The summed E-state index contributed by atoms with van der Waals surface area (Å²) in [5.74, 6) is -0.00532. The molecule has 7 heteroatoms. The van der Waals surface area contributed by atoms with Crippen LogP contribution >= 0.6 is 11.3 Å². The first kappa shape index (κ1) is 16.2. The molecule has 1 saturated heterocycles. The summed E-state index contributed by atoms with van der Waals surface area (Å²) in [4.78, 5) is 15.2. The average Bonchev–Trinajstić information content (AvgIpc) is 3.01. The fraction of sp³-hybridized carbons (Fsp3) is 0.312. The molecule has 0 aliphatic carbocycles. The Bertz CT molecular complexity index is 792. The first-order chi connectivity index (χ1) is 11.0. The molecular formula is C16H18N2O3S2. The highest BCUT2D eigenvalue weighted by molar-refractivity contribution is 7.89. The second-order valence-corrected chi connectivity index (χ2v) is 8.30. The molecule has 2 aromatic rings. The van der Waals surface area contributed by atoms with Crippen molar-refractivity contribution in [2.45, 2.75) is 11.8 Å². The summed E-state index contributed by atoms with van der Waals surface area (Å²) in [5, 5.41) is 1.90. The fourth-order valence-corrected chi connectivity index (χ4v) is 4.94. The van der Waals surface area contributed by atoms with Gasteiger partial charge in [-0.1, -0.05) is 18.2 Å². The van der Waals surface area contributed by atoms with Gasteiger partial charge in [-0.15, -0.1) is 11.3 Å². The van der Waals surface area contributed by atoms with Crippen molar-refractivity contribution in [2.75, 3.05) is 26.2 Å². The third-order valence-corrected chi connectivity index (χ3v) is 6.88. The van der Waals surface area contributed by atoms with Crippen LogP contribution in [-0.2, 0) is 10.0 Å². The number of sulfonamides is 1. The van der Waals surface area contributed by atoms with Gasteiger partial charge in [-0.25, -0.2) is 8.42 Å². The van der Waals surface area contributed by atoms with E-state index in [0.717, 1.165) is 10.4 Å². The summed E-state index contributed by atoms with van der Waals surface area (Å²) in [7, 11) is -3.48. The minimum absolute atomic E-state index is 0.00532. The van der Waals surface area contributed by atoms with Gasteiger partial charge in [-0.2, -0.15) is 4.31 Å². The highest BCUT2D eigenvalue weighted by Crippen LogP contribution is 2.21. The molecule has 1 aromatic carbocycles. The van der Waals surface area contributed by atoms with Crippen LogP contribution in [0.4, 0.5) is 0 Å². The number of amides is 1. The van der Waals surface area contributed by atoms with E-state index in [4.69, 9.17) is 0 Å². The average molecular weight is 350 g/mol. The maximum Gasteiger partial charge on any atom is 0.264 e. The van der Waals surface area contributed by atoms with Crippen LogP contribution in [0.3, 0.4) is 0 Å². The molecule has 1 aromatic heterocycles. The van der Waals surface area contributed by atoms with E-state index in [-0.39, 0.29) is 5.91 Å². The molecule has 0 atom stereocenters. The number of nitrogens with zero attached hydrogens (tertiary/aromatic N) is 2. The van der Waals surface area contributed by atoms with Crippen molar-refractivity contribution in [3.63, 3.8) is 0 Å². The highest BCUT2D eigenvalue weighted by atomic mass is 32.2. The fourth-order valence-electron chi connectivity index (χ4n) is 2.61. The number of aryl methyl sites for hydroxylation is 1. The normalized spacial score (nSPS) is 16.5. The van der Waals surface area contributed by atoms with E-state index in [2.05, 4.69) is 0 Å². The molecule has 1 fully saturated rings.